The van der Waals surface area contributed by atoms with Gasteiger partial charge in [0.05, 0.1) is 0 Å². The summed E-state index contributed by atoms with van der Waals surface area (Å²) in [4.78, 5) is 13.1. The Hall–Kier alpha value is -0.625. The van der Waals surface area contributed by atoms with Crippen molar-refractivity contribution in [1.29, 1.82) is 0 Å². The summed E-state index contributed by atoms with van der Waals surface area (Å²) < 4.78 is 0. The van der Waals surface area contributed by atoms with Gasteiger partial charge in [-0.1, -0.05) is 27.2 Å². The summed E-state index contributed by atoms with van der Waals surface area (Å²) in [6, 6.07) is 0. The second-order valence-corrected chi connectivity index (χ2v) is 5.57. The molecule has 5 N–H and O–H groups in total. The molecule has 0 radical (unpaired) electrons. The lowest BCUT2D eigenvalue weighted by molar-refractivity contribution is -0.145. The topological polar surface area (TPSA) is 107 Å². The molecule has 0 aromatic heterocycles. The highest BCUT2D eigenvalue weighted by atomic mass is 16.4. The van der Waals surface area contributed by atoms with Crippen LogP contribution in [0.1, 0.15) is 46.5 Å². The lowest BCUT2D eigenvalue weighted by Crippen LogP contribution is -2.52. The first-order chi connectivity index (χ1) is 9.71. The van der Waals surface area contributed by atoms with Crippen LogP contribution in [0.2, 0.25) is 6.32 Å². The number of carboxylic acids is 1. The minimum absolute atomic E-state index is 0.417. The minimum atomic E-state index is -1.12. The van der Waals surface area contributed by atoms with Crippen LogP contribution in [0.5, 0.6) is 0 Å². The van der Waals surface area contributed by atoms with Gasteiger partial charge in [0, 0.05) is 6.54 Å². The van der Waals surface area contributed by atoms with Gasteiger partial charge in [-0.3, -0.25) is 4.79 Å². The predicted molar refractivity (Wildman–Crippen MR) is 87.1 cm³/mol. The van der Waals surface area contributed by atoms with E-state index in [9.17, 15) is 4.79 Å². The molecule has 2 atom stereocenters. The Morgan fingerprint density at radius 2 is 1.86 bits per heavy atom. The normalized spacial score (nSPS) is 24.3. The summed E-state index contributed by atoms with van der Waals surface area (Å²) in [7, 11) is 2.90. The molecule has 1 fully saturated rings. The Morgan fingerprint density at radius 1 is 1.38 bits per heavy atom. The molecule has 6 nitrogen and oxygen atoms in total. The van der Waals surface area contributed by atoms with Crippen LogP contribution in [0.25, 0.3) is 0 Å². The smallest absolute Gasteiger partial charge is 0.451 e. The van der Waals surface area contributed by atoms with Crippen LogP contribution in [0.3, 0.4) is 0 Å². The second kappa shape index (κ2) is 12.0. The van der Waals surface area contributed by atoms with E-state index in [1.807, 2.05) is 27.9 Å². The molecule has 0 heterocycles. The third-order valence-corrected chi connectivity index (χ3v) is 3.30. The maximum absolute atomic E-state index is 11.0. The van der Waals surface area contributed by atoms with E-state index < -0.39 is 18.6 Å². The molecule has 126 valence electrons. The maximum Gasteiger partial charge on any atom is 0.451 e. The van der Waals surface area contributed by atoms with E-state index in [1.54, 1.807) is 6.92 Å². The zero-order chi connectivity index (χ0) is 17.1. The molecule has 1 saturated carbocycles. The van der Waals surface area contributed by atoms with E-state index in [0.29, 0.717) is 25.1 Å². The van der Waals surface area contributed by atoms with Crippen LogP contribution >= 0.6 is 0 Å². The molecule has 1 aliphatic rings. The molecule has 0 spiro atoms. The quantitative estimate of drug-likeness (QED) is 0.578. The van der Waals surface area contributed by atoms with Crippen molar-refractivity contribution in [2.45, 2.75) is 58.3 Å². The SMILES string of the molecule is CC.CCB(O)O.CN(C)C[C@@H]1CCCC(N)(C(=O)O)C1. The first kappa shape index (κ1) is 22.7. The van der Waals surface area contributed by atoms with Crippen molar-refractivity contribution in [3.8, 4) is 0 Å². The van der Waals surface area contributed by atoms with Crippen LogP contribution in [-0.4, -0.2) is 59.3 Å². The van der Waals surface area contributed by atoms with E-state index >= 15 is 0 Å². The summed E-state index contributed by atoms with van der Waals surface area (Å²) in [5.74, 6) is -0.416. The first-order valence-electron chi connectivity index (χ1n) is 7.74. The van der Waals surface area contributed by atoms with Crippen LogP contribution in [0.15, 0.2) is 0 Å². The fraction of sp³-hybridized carbons (Fsp3) is 0.929. The third kappa shape index (κ3) is 10.7. The molecule has 7 heteroatoms. The highest BCUT2D eigenvalue weighted by Crippen LogP contribution is 2.31. The molecule has 0 aliphatic heterocycles. The minimum Gasteiger partial charge on any atom is -0.480 e. The Balaban J connectivity index is 0. The van der Waals surface area contributed by atoms with Crippen LogP contribution in [0, 0.1) is 5.92 Å². The molecular formula is C14H33BN2O4. The monoisotopic (exact) mass is 304 g/mol. The van der Waals surface area contributed by atoms with Crippen LogP contribution < -0.4 is 5.73 Å². The van der Waals surface area contributed by atoms with Crippen molar-refractivity contribution in [3.05, 3.63) is 0 Å². The number of carboxylic acid groups (broad SMARTS) is 1. The van der Waals surface area contributed by atoms with Gasteiger partial charge in [0.15, 0.2) is 0 Å². The Morgan fingerprint density at radius 3 is 2.19 bits per heavy atom. The molecule has 0 bridgehead atoms. The lowest BCUT2D eigenvalue weighted by atomic mass is 9.76. The Labute approximate surface area is 129 Å². The standard InChI is InChI=1S/C10H20N2O2.C2H7BO2.C2H6/c1-12(2)7-8-4-3-5-10(11,6-8)9(13)14;1-2-3(4)5;1-2/h8H,3-7,11H2,1-2H3,(H,13,14);4-5H,2H2,1H3;1-2H3/t8-,10?;;/m1../s1. The van der Waals surface area contributed by atoms with Crippen molar-refractivity contribution < 1.29 is 19.9 Å². The fourth-order valence-corrected chi connectivity index (χ4v) is 2.29. The molecular weight excluding hydrogens is 271 g/mol. The predicted octanol–water partition coefficient (Wildman–Crippen LogP) is 1.03. The van der Waals surface area contributed by atoms with Gasteiger partial charge in [0.25, 0.3) is 0 Å². The molecule has 0 amide bonds. The molecule has 1 unspecified atom stereocenters. The molecule has 0 saturated heterocycles. The Bertz CT molecular complexity index is 278. The summed E-state index contributed by atoms with van der Waals surface area (Å²) >= 11 is 0. The molecule has 1 rings (SSSR count). The summed E-state index contributed by atoms with van der Waals surface area (Å²) in [6.45, 7) is 6.64. The van der Waals surface area contributed by atoms with Gasteiger partial charge in [-0.2, -0.15) is 0 Å². The van der Waals surface area contributed by atoms with Gasteiger partial charge < -0.3 is 25.8 Å². The van der Waals surface area contributed by atoms with E-state index in [-0.39, 0.29) is 0 Å². The molecule has 0 aromatic carbocycles. The average molecular weight is 304 g/mol. The summed E-state index contributed by atoms with van der Waals surface area (Å²) in [6.07, 6.45) is 3.68. The van der Waals surface area contributed by atoms with Crippen molar-refractivity contribution >= 4 is 13.1 Å². The fourth-order valence-electron chi connectivity index (χ4n) is 2.29. The maximum atomic E-state index is 11.0. The van der Waals surface area contributed by atoms with E-state index in [2.05, 4.69) is 4.90 Å². The van der Waals surface area contributed by atoms with Gasteiger partial charge >= 0.3 is 13.1 Å². The number of hydrogen-bond donors (Lipinski definition) is 4. The lowest BCUT2D eigenvalue weighted by Gasteiger charge is -2.35. The average Bonchev–Trinajstić information content (AvgIpc) is 2.41. The zero-order valence-electron chi connectivity index (χ0n) is 14.2. The number of rotatable bonds is 4. The molecule has 0 aromatic rings. The van der Waals surface area contributed by atoms with Crippen molar-refractivity contribution in [2.24, 2.45) is 11.7 Å². The number of carbonyl (C=O) groups is 1. The van der Waals surface area contributed by atoms with Gasteiger partial charge in [-0.15, -0.1) is 0 Å². The number of aliphatic carboxylic acids is 1. The van der Waals surface area contributed by atoms with Gasteiger partial charge in [0.1, 0.15) is 5.54 Å². The van der Waals surface area contributed by atoms with Crippen molar-refractivity contribution in [3.63, 3.8) is 0 Å². The van der Waals surface area contributed by atoms with E-state index in [1.165, 1.54) is 0 Å². The van der Waals surface area contributed by atoms with Gasteiger partial charge in [0.2, 0.25) is 0 Å². The zero-order valence-corrected chi connectivity index (χ0v) is 14.2. The van der Waals surface area contributed by atoms with E-state index in [4.69, 9.17) is 20.9 Å². The van der Waals surface area contributed by atoms with Crippen molar-refractivity contribution in [1.82, 2.24) is 4.90 Å². The van der Waals surface area contributed by atoms with Crippen molar-refractivity contribution in [2.75, 3.05) is 20.6 Å². The van der Waals surface area contributed by atoms with Gasteiger partial charge in [-0.05, 0) is 45.6 Å². The van der Waals surface area contributed by atoms with Crippen LogP contribution in [-0.2, 0) is 4.79 Å². The third-order valence-electron chi connectivity index (χ3n) is 3.30. The first-order valence-corrected chi connectivity index (χ1v) is 7.74. The van der Waals surface area contributed by atoms with E-state index in [0.717, 1.165) is 19.4 Å². The highest BCUT2D eigenvalue weighted by Gasteiger charge is 2.39. The summed E-state index contributed by atoms with van der Waals surface area (Å²) in [5.41, 5.74) is 4.88. The van der Waals surface area contributed by atoms with Gasteiger partial charge in [-0.25, -0.2) is 0 Å². The second-order valence-electron chi connectivity index (χ2n) is 5.57. The number of nitrogens with zero attached hydrogens (tertiary/aromatic N) is 1. The summed E-state index contributed by atoms with van der Waals surface area (Å²) in [5, 5.41) is 24.8. The highest BCUT2D eigenvalue weighted by molar-refractivity contribution is 6.40. The Kier molecular flexibility index (Phi) is 12.9. The number of nitrogens with two attached hydrogens (primary N) is 1. The largest absolute Gasteiger partial charge is 0.480 e. The van der Waals surface area contributed by atoms with Crippen LogP contribution in [0.4, 0.5) is 0 Å². The number of hydrogen-bond acceptors (Lipinski definition) is 5. The molecule has 21 heavy (non-hydrogen) atoms. The molecule has 1 aliphatic carbocycles.